The van der Waals surface area contributed by atoms with Crippen molar-refractivity contribution in [2.75, 3.05) is 0 Å². The molecule has 0 N–H and O–H groups in total. The van der Waals surface area contributed by atoms with E-state index in [9.17, 15) is 4.39 Å². The zero-order chi connectivity index (χ0) is 8.43. The molecule has 1 atom stereocenters. The highest BCUT2D eigenvalue weighted by Crippen LogP contribution is 2.23. The highest BCUT2D eigenvalue weighted by atomic mass is 79.9. The topological polar surface area (TPSA) is 12.9 Å². The van der Waals surface area contributed by atoms with Gasteiger partial charge in [0, 0.05) is 11.0 Å². The summed E-state index contributed by atoms with van der Waals surface area (Å²) in [5, 5.41) is -0.0816. The fourth-order valence-corrected chi connectivity index (χ4v) is 1.01. The lowest BCUT2D eigenvalue weighted by Crippen LogP contribution is -1.89. The summed E-state index contributed by atoms with van der Waals surface area (Å²) >= 11 is 8.68. The van der Waals surface area contributed by atoms with Gasteiger partial charge in [0.05, 0.1) is 0 Å². The first kappa shape index (κ1) is 8.94. The fraction of sp³-hybridized carbons (Fsp3) is 0.286. The van der Waals surface area contributed by atoms with Gasteiger partial charge in [-0.15, -0.1) is 0 Å². The summed E-state index contributed by atoms with van der Waals surface area (Å²) in [5.41, 5.74) is 0.784. The van der Waals surface area contributed by atoms with E-state index < -0.39 is 5.82 Å². The second-order valence-electron chi connectivity index (χ2n) is 2.16. The molecule has 1 aromatic rings. The zero-order valence-electron chi connectivity index (χ0n) is 5.81. The smallest absolute Gasteiger partial charge is 0.164 e. The Labute approximate surface area is 77.7 Å². The number of halogens is 3. The molecule has 0 aliphatic rings. The van der Waals surface area contributed by atoms with E-state index in [4.69, 9.17) is 11.6 Å². The van der Waals surface area contributed by atoms with Crippen LogP contribution in [0.1, 0.15) is 17.3 Å². The molecule has 0 aromatic carbocycles. The molecule has 0 radical (unpaired) electrons. The van der Waals surface area contributed by atoms with Crippen LogP contribution in [-0.4, -0.2) is 4.98 Å². The molecule has 1 heterocycles. The number of aromatic nitrogens is 1. The van der Waals surface area contributed by atoms with E-state index in [1.54, 1.807) is 6.20 Å². The van der Waals surface area contributed by atoms with Crippen LogP contribution in [0.5, 0.6) is 0 Å². The Hall–Kier alpha value is -0.150. The predicted molar refractivity (Wildman–Crippen MR) is 46.5 cm³/mol. The van der Waals surface area contributed by atoms with Gasteiger partial charge in [-0.05, 0) is 18.6 Å². The van der Waals surface area contributed by atoms with Crippen molar-refractivity contribution in [2.24, 2.45) is 0 Å². The molecule has 1 rings (SSSR count). The molecule has 0 amide bonds. The van der Waals surface area contributed by atoms with Crippen LogP contribution in [0.3, 0.4) is 0 Å². The first-order chi connectivity index (χ1) is 5.11. The van der Waals surface area contributed by atoms with Crippen molar-refractivity contribution in [3.63, 3.8) is 0 Å². The van der Waals surface area contributed by atoms with E-state index in [2.05, 4.69) is 20.9 Å². The quantitative estimate of drug-likeness (QED) is 0.540. The Morgan fingerprint density at radius 2 is 2.36 bits per heavy atom. The van der Waals surface area contributed by atoms with Crippen LogP contribution in [0.4, 0.5) is 4.39 Å². The van der Waals surface area contributed by atoms with Gasteiger partial charge in [-0.1, -0.05) is 27.5 Å². The zero-order valence-corrected chi connectivity index (χ0v) is 8.16. The minimum absolute atomic E-state index is 0.0816. The van der Waals surface area contributed by atoms with Crippen molar-refractivity contribution in [1.29, 1.82) is 0 Å². The Balaban J connectivity index is 3.05. The Bertz CT molecular complexity index is 265. The third-order valence-corrected chi connectivity index (χ3v) is 2.08. The van der Waals surface area contributed by atoms with Gasteiger partial charge >= 0.3 is 0 Å². The minimum Gasteiger partial charge on any atom is -0.241 e. The summed E-state index contributed by atoms with van der Waals surface area (Å²) in [6.07, 6.45) is 1.55. The van der Waals surface area contributed by atoms with Gasteiger partial charge in [0.1, 0.15) is 0 Å². The van der Waals surface area contributed by atoms with Crippen molar-refractivity contribution in [2.45, 2.75) is 11.8 Å². The number of hydrogen-bond donors (Lipinski definition) is 0. The van der Waals surface area contributed by atoms with Crippen molar-refractivity contribution < 1.29 is 4.39 Å². The lowest BCUT2D eigenvalue weighted by molar-refractivity contribution is 0.619. The highest BCUT2D eigenvalue weighted by Gasteiger charge is 2.05. The van der Waals surface area contributed by atoms with E-state index in [1.807, 2.05) is 6.92 Å². The summed E-state index contributed by atoms with van der Waals surface area (Å²) in [5.74, 6) is -0.476. The maximum absolute atomic E-state index is 12.7. The molecule has 60 valence electrons. The first-order valence-electron chi connectivity index (χ1n) is 3.06. The number of hydrogen-bond acceptors (Lipinski definition) is 1. The molecule has 0 bridgehead atoms. The molecule has 0 fully saturated rings. The van der Waals surface area contributed by atoms with Crippen molar-refractivity contribution in [3.8, 4) is 0 Å². The monoisotopic (exact) mass is 237 g/mol. The molecule has 11 heavy (non-hydrogen) atoms. The maximum atomic E-state index is 12.7. The molecule has 0 aliphatic heterocycles. The van der Waals surface area contributed by atoms with E-state index >= 15 is 0 Å². The first-order valence-corrected chi connectivity index (χ1v) is 4.35. The molecule has 0 saturated carbocycles. The summed E-state index contributed by atoms with van der Waals surface area (Å²) in [7, 11) is 0. The Morgan fingerprint density at radius 3 is 2.82 bits per heavy atom. The molecule has 0 aliphatic carbocycles. The minimum atomic E-state index is -0.476. The van der Waals surface area contributed by atoms with Crippen molar-refractivity contribution in [1.82, 2.24) is 4.98 Å². The third-order valence-electron chi connectivity index (χ3n) is 1.28. The molecule has 4 heteroatoms. The van der Waals surface area contributed by atoms with Gasteiger partial charge in [-0.3, -0.25) is 0 Å². The Kier molecular flexibility index (Phi) is 2.84. The Morgan fingerprint density at radius 1 is 1.73 bits per heavy atom. The average molecular weight is 238 g/mol. The van der Waals surface area contributed by atoms with E-state index in [0.29, 0.717) is 0 Å². The van der Waals surface area contributed by atoms with Crippen LogP contribution >= 0.6 is 27.5 Å². The number of rotatable bonds is 1. The van der Waals surface area contributed by atoms with Crippen LogP contribution in [-0.2, 0) is 0 Å². The molecule has 1 nitrogen and oxygen atoms in total. The molecular weight excluding hydrogens is 232 g/mol. The van der Waals surface area contributed by atoms with Crippen LogP contribution in [0, 0.1) is 5.82 Å². The van der Waals surface area contributed by atoms with Crippen molar-refractivity contribution in [3.05, 3.63) is 28.8 Å². The lowest BCUT2D eigenvalue weighted by atomic mass is 10.2. The van der Waals surface area contributed by atoms with Crippen LogP contribution in [0.15, 0.2) is 12.3 Å². The standard InChI is InChI=1S/C7H6BrClFN/c1-4(8)5-2-6(10)7(9)11-3-5/h2-4H,1H3. The molecular formula is C7H6BrClFN. The summed E-state index contributed by atoms with van der Waals surface area (Å²) in [6, 6.07) is 1.37. The molecule has 1 aromatic heterocycles. The highest BCUT2D eigenvalue weighted by molar-refractivity contribution is 9.09. The fourth-order valence-electron chi connectivity index (χ4n) is 0.654. The summed E-state index contributed by atoms with van der Waals surface area (Å²) in [4.78, 5) is 3.76. The van der Waals surface area contributed by atoms with Gasteiger partial charge in [0.2, 0.25) is 0 Å². The lowest BCUT2D eigenvalue weighted by Gasteiger charge is -2.02. The van der Waals surface area contributed by atoms with Gasteiger partial charge in [0.25, 0.3) is 0 Å². The normalized spacial score (nSPS) is 13.1. The molecule has 1 unspecified atom stereocenters. The van der Waals surface area contributed by atoms with Gasteiger partial charge in [-0.2, -0.15) is 0 Å². The number of alkyl halides is 1. The van der Waals surface area contributed by atoms with E-state index in [0.717, 1.165) is 5.56 Å². The second kappa shape index (κ2) is 3.50. The molecule has 0 spiro atoms. The summed E-state index contributed by atoms with van der Waals surface area (Å²) in [6.45, 7) is 1.89. The second-order valence-corrected chi connectivity index (χ2v) is 3.89. The van der Waals surface area contributed by atoms with Crippen LogP contribution < -0.4 is 0 Å². The van der Waals surface area contributed by atoms with Gasteiger partial charge < -0.3 is 0 Å². The number of nitrogens with zero attached hydrogens (tertiary/aromatic N) is 1. The number of pyridine rings is 1. The van der Waals surface area contributed by atoms with E-state index in [1.165, 1.54) is 6.07 Å². The van der Waals surface area contributed by atoms with Crippen molar-refractivity contribution >= 4 is 27.5 Å². The SMILES string of the molecule is CC(Br)c1cnc(Cl)c(F)c1. The van der Waals surface area contributed by atoms with Crippen LogP contribution in [0.25, 0.3) is 0 Å². The predicted octanol–water partition coefficient (Wildman–Crippen LogP) is 3.33. The van der Waals surface area contributed by atoms with E-state index in [-0.39, 0.29) is 9.98 Å². The average Bonchev–Trinajstić information content (AvgIpc) is 1.94. The maximum Gasteiger partial charge on any atom is 0.164 e. The van der Waals surface area contributed by atoms with Gasteiger partial charge in [-0.25, -0.2) is 9.37 Å². The molecule has 0 saturated heterocycles. The largest absolute Gasteiger partial charge is 0.241 e. The van der Waals surface area contributed by atoms with Crippen LogP contribution in [0.2, 0.25) is 5.15 Å². The van der Waals surface area contributed by atoms with Gasteiger partial charge in [0.15, 0.2) is 11.0 Å². The third kappa shape index (κ3) is 2.14. The summed E-state index contributed by atoms with van der Waals surface area (Å²) < 4.78 is 12.7.